The number of hydrogen-bond acceptors (Lipinski definition) is 4. The third kappa shape index (κ3) is 3.22. The number of hydrogen-bond donors (Lipinski definition) is 2. The van der Waals surface area contributed by atoms with E-state index in [-0.39, 0.29) is 36.8 Å². The number of para-hydroxylation sites is 1. The van der Waals surface area contributed by atoms with E-state index in [0.717, 1.165) is 5.56 Å². The summed E-state index contributed by atoms with van der Waals surface area (Å²) >= 11 is 0. The van der Waals surface area contributed by atoms with E-state index >= 15 is 0 Å². The molecule has 2 aliphatic heterocycles. The molecule has 30 heavy (non-hydrogen) atoms. The average molecular weight is 413 g/mol. The van der Waals surface area contributed by atoms with Crippen molar-refractivity contribution in [1.29, 1.82) is 0 Å². The van der Waals surface area contributed by atoms with Gasteiger partial charge in [0.15, 0.2) is 0 Å². The number of nitrogens with one attached hydrogen (secondary N) is 1. The molecule has 2 saturated heterocycles. The second-order valence-electron chi connectivity index (χ2n) is 7.70. The van der Waals surface area contributed by atoms with Crippen LogP contribution >= 0.6 is 0 Å². The van der Waals surface area contributed by atoms with Crippen molar-refractivity contribution in [1.82, 2.24) is 9.80 Å². The van der Waals surface area contributed by atoms with Crippen molar-refractivity contribution in [3.8, 4) is 0 Å². The molecule has 7 nitrogen and oxygen atoms in total. The van der Waals surface area contributed by atoms with Crippen molar-refractivity contribution in [3.05, 3.63) is 66.0 Å². The Kier molecular flexibility index (Phi) is 5.44. The van der Waals surface area contributed by atoms with E-state index in [9.17, 15) is 19.1 Å². The zero-order valence-corrected chi connectivity index (χ0v) is 16.6. The lowest BCUT2D eigenvalue weighted by molar-refractivity contribution is -0.195. The van der Waals surface area contributed by atoms with Crippen LogP contribution in [0.3, 0.4) is 0 Å². The molecule has 2 N–H and O–H groups in total. The van der Waals surface area contributed by atoms with Crippen LogP contribution in [0.5, 0.6) is 0 Å². The quantitative estimate of drug-likeness (QED) is 0.786. The van der Waals surface area contributed by atoms with E-state index in [2.05, 4.69) is 5.32 Å². The summed E-state index contributed by atoms with van der Waals surface area (Å²) in [5.74, 6) is -0.843. The molecule has 4 rings (SSSR count). The van der Waals surface area contributed by atoms with Crippen LogP contribution in [-0.2, 0) is 9.53 Å². The molecular weight excluding hydrogens is 389 g/mol. The number of carbonyl (C=O) groups is 2. The van der Waals surface area contributed by atoms with Gasteiger partial charge in [0.05, 0.1) is 23.9 Å². The topological polar surface area (TPSA) is 82.1 Å². The van der Waals surface area contributed by atoms with E-state index < -0.39 is 17.4 Å². The highest BCUT2D eigenvalue weighted by Gasteiger charge is 2.68. The molecule has 2 aromatic carbocycles. The highest BCUT2D eigenvalue weighted by Crippen LogP contribution is 2.53. The van der Waals surface area contributed by atoms with Gasteiger partial charge < -0.3 is 25.0 Å². The van der Waals surface area contributed by atoms with Gasteiger partial charge in [-0.15, -0.1) is 0 Å². The monoisotopic (exact) mass is 413 g/mol. The number of ether oxygens (including phenoxy) is 1. The number of amides is 3. The van der Waals surface area contributed by atoms with Gasteiger partial charge in [-0.05, 0) is 17.7 Å². The van der Waals surface area contributed by atoms with Crippen LogP contribution < -0.4 is 5.32 Å². The molecule has 0 saturated carbocycles. The lowest BCUT2D eigenvalue weighted by atomic mass is 9.60. The molecule has 0 radical (unpaired) electrons. The standard InChI is InChI=1S/C22H24FN3O4/c1-30-12-19(28)26-18(11-27)20(15-7-3-2-4-8-15)22(26)13-25(14-22)21(29)24-17-10-6-5-9-16(17)23/h2-10,18,20,27H,11-14H2,1H3,(H,24,29)/t18-,20-/m1/s1. The molecule has 2 fully saturated rings. The number of methoxy groups -OCH3 is 1. The third-order valence-corrected chi connectivity index (χ3v) is 5.99. The van der Waals surface area contributed by atoms with Gasteiger partial charge in [0.2, 0.25) is 5.91 Å². The molecule has 1 spiro atoms. The van der Waals surface area contributed by atoms with Gasteiger partial charge in [-0.2, -0.15) is 0 Å². The van der Waals surface area contributed by atoms with Crippen molar-refractivity contribution < 1.29 is 23.8 Å². The van der Waals surface area contributed by atoms with Crippen LogP contribution in [0.2, 0.25) is 0 Å². The maximum atomic E-state index is 13.9. The first-order valence-corrected chi connectivity index (χ1v) is 9.79. The number of rotatable bonds is 5. The molecule has 2 atom stereocenters. The van der Waals surface area contributed by atoms with Crippen LogP contribution in [0, 0.1) is 5.82 Å². The second-order valence-corrected chi connectivity index (χ2v) is 7.70. The molecule has 158 valence electrons. The maximum Gasteiger partial charge on any atom is 0.322 e. The van der Waals surface area contributed by atoms with Gasteiger partial charge in [-0.25, -0.2) is 9.18 Å². The fourth-order valence-electron chi connectivity index (χ4n) is 4.78. The Bertz CT molecular complexity index is 933. The summed E-state index contributed by atoms with van der Waals surface area (Å²) in [6.07, 6.45) is 0. The Hall–Kier alpha value is -2.97. The van der Waals surface area contributed by atoms with Crippen LogP contribution in [0.1, 0.15) is 11.5 Å². The van der Waals surface area contributed by atoms with Crippen molar-refractivity contribution in [2.24, 2.45) is 0 Å². The number of urea groups is 1. The Morgan fingerprint density at radius 3 is 2.47 bits per heavy atom. The smallest absolute Gasteiger partial charge is 0.322 e. The van der Waals surface area contributed by atoms with Crippen molar-refractivity contribution >= 4 is 17.6 Å². The number of benzene rings is 2. The largest absolute Gasteiger partial charge is 0.394 e. The Morgan fingerprint density at radius 2 is 1.83 bits per heavy atom. The molecule has 2 aromatic rings. The molecule has 3 amide bonds. The van der Waals surface area contributed by atoms with Crippen LogP contribution in [0.15, 0.2) is 54.6 Å². The van der Waals surface area contributed by atoms with Gasteiger partial charge in [0.25, 0.3) is 0 Å². The van der Waals surface area contributed by atoms with Crippen molar-refractivity contribution in [2.75, 3.05) is 38.7 Å². The van der Waals surface area contributed by atoms with E-state index in [1.54, 1.807) is 21.9 Å². The summed E-state index contributed by atoms with van der Waals surface area (Å²) in [6, 6.07) is 14.8. The first-order valence-electron chi connectivity index (χ1n) is 9.79. The zero-order chi connectivity index (χ0) is 21.3. The minimum atomic E-state index is -0.614. The number of halogens is 1. The lowest BCUT2D eigenvalue weighted by Crippen LogP contribution is -2.86. The van der Waals surface area contributed by atoms with E-state index in [4.69, 9.17) is 4.74 Å². The van der Waals surface area contributed by atoms with E-state index in [1.807, 2.05) is 30.3 Å². The molecule has 2 heterocycles. The summed E-state index contributed by atoms with van der Waals surface area (Å²) < 4.78 is 18.9. The summed E-state index contributed by atoms with van der Waals surface area (Å²) in [5.41, 5.74) is 0.501. The van der Waals surface area contributed by atoms with E-state index in [1.165, 1.54) is 19.2 Å². The Balaban J connectivity index is 1.55. The fraction of sp³-hybridized carbons (Fsp3) is 0.364. The number of aliphatic hydroxyl groups excluding tert-OH is 1. The number of nitrogens with zero attached hydrogens (tertiary/aromatic N) is 2. The molecule has 0 aliphatic carbocycles. The van der Waals surface area contributed by atoms with Crippen molar-refractivity contribution in [2.45, 2.75) is 17.5 Å². The minimum Gasteiger partial charge on any atom is -0.394 e. The third-order valence-electron chi connectivity index (χ3n) is 5.99. The molecule has 0 bridgehead atoms. The average Bonchev–Trinajstić information content (AvgIpc) is 2.69. The first-order chi connectivity index (χ1) is 14.5. The predicted molar refractivity (Wildman–Crippen MR) is 109 cm³/mol. The maximum absolute atomic E-state index is 13.9. The SMILES string of the molecule is COCC(=O)N1[C@H](CO)[C@@H](c2ccccc2)C12CN(C(=O)Nc1ccccc1F)C2. The number of anilines is 1. The zero-order valence-electron chi connectivity index (χ0n) is 16.6. The van der Waals surface area contributed by atoms with Gasteiger partial charge in [-0.1, -0.05) is 42.5 Å². The van der Waals surface area contributed by atoms with Gasteiger partial charge in [0, 0.05) is 26.1 Å². The van der Waals surface area contributed by atoms with E-state index in [0.29, 0.717) is 13.1 Å². The molecule has 0 aromatic heterocycles. The fourth-order valence-corrected chi connectivity index (χ4v) is 4.78. The summed E-state index contributed by atoms with van der Waals surface area (Å²) in [4.78, 5) is 28.6. The molecular formula is C22H24FN3O4. The molecule has 2 aliphatic rings. The Morgan fingerprint density at radius 1 is 1.17 bits per heavy atom. The van der Waals surface area contributed by atoms with Gasteiger partial charge in [-0.3, -0.25) is 4.79 Å². The summed E-state index contributed by atoms with van der Waals surface area (Å²) in [7, 11) is 1.45. The van der Waals surface area contributed by atoms with Gasteiger partial charge >= 0.3 is 6.03 Å². The normalized spacial score (nSPS) is 21.7. The Labute approximate surface area is 174 Å². The summed E-state index contributed by atoms with van der Waals surface area (Å²) in [5, 5.41) is 12.6. The van der Waals surface area contributed by atoms with Gasteiger partial charge in [0.1, 0.15) is 12.4 Å². The molecule has 8 heteroatoms. The highest BCUT2D eigenvalue weighted by atomic mass is 19.1. The number of aliphatic hydroxyl groups is 1. The van der Waals surface area contributed by atoms with Crippen molar-refractivity contribution in [3.63, 3.8) is 0 Å². The number of likely N-dealkylation sites (tertiary alicyclic amines) is 2. The lowest BCUT2D eigenvalue weighted by Gasteiger charge is -2.70. The molecule has 0 unspecified atom stereocenters. The predicted octanol–water partition coefficient (Wildman–Crippen LogP) is 2.05. The first kappa shape index (κ1) is 20.3. The van der Waals surface area contributed by atoms with Crippen LogP contribution in [0.4, 0.5) is 14.9 Å². The minimum absolute atomic E-state index is 0.0960. The number of carbonyl (C=O) groups excluding carboxylic acids is 2. The van der Waals surface area contributed by atoms with Crippen LogP contribution in [-0.4, -0.2) is 71.8 Å². The second kappa shape index (κ2) is 8.04. The van der Waals surface area contributed by atoms with Crippen LogP contribution in [0.25, 0.3) is 0 Å². The highest BCUT2D eigenvalue weighted by molar-refractivity contribution is 5.91. The summed E-state index contributed by atoms with van der Waals surface area (Å²) in [6.45, 7) is 0.303.